The summed E-state index contributed by atoms with van der Waals surface area (Å²) < 4.78 is 15.9. The first-order chi connectivity index (χ1) is 12.2. The summed E-state index contributed by atoms with van der Waals surface area (Å²) in [5.74, 6) is -0.548. The Labute approximate surface area is 149 Å². The Bertz CT molecular complexity index is 481. The summed E-state index contributed by atoms with van der Waals surface area (Å²) in [4.78, 5) is 11.2. The van der Waals surface area contributed by atoms with Crippen LogP contribution in [0.15, 0.2) is 0 Å². The van der Waals surface area contributed by atoms with Crippen LogP contribution in [0.1, 0.15) is 6.92 Å². The van der Waals surface area contributed by atoms with Crippen LogP contribution in [-0.4, -0.2) is 111 Å². The molecule has 26 heavy (non-hydrogen) atoms. The summed E-state index contributed by atoms with van der Waals surface area (Å²) in [5, 5.41) is 61.8. The van der Waals surface area contributed by atoms with E-state index < -0.39 is 73.9 Å². The van der Waals surface area contributed by atoms with Gasteiger partial charge in [0.05, 0.1) is 6.61 Å². The maximum atomic E-state index is 11.2. The second-order valence-corrected chi connectivity index (χ2v) is 6.32. The molecule has 0 aromatic carbocycles. The molecule has 2 saturated heterocycles. The van der Waals surface area contributed by atoms with Crippen molar-refractivity contribution in [1.82, 2.24) is 5.32 Å². The second-order valence-electron chi connectivity index (χ2n) is 6.32. The van der Waals surface area contributed by atoms with E-state index in [1.807, 2.05) is 0 Å². The van der Waals surface area contributed by atoms with Gasteiger partial charge >= 0.3 is 0 Å². The highest BCUT2D eigenvalue weighted by Crippen LogP contribution is 2.28. The van der Waals surface area contributed by atoms with E-state index in [9.17, 15) is 35.4 Å². The van der Waals surface area contributed by atoms with Crippen LogP contribution in [0, 0.1) is 0 Å². The molecule has 2 fully saturated rings. The Morgan fingerprint density at radius 3 is 2.23 bits per heavy atom. The average molecular weight is 382 g/mol. The minimum Gasteiger partial charge on any atom is -0.394 e. The smallest absolute Gasteiger partial charge is 0.217 e. The van der Waals surface area contributed by atoms with Crippen LogP contribution >= 0.6 is 0 Å². The lowest BCUT2D eigenvalue weighted by Gasteiger charge is -2.46. The molecule has 4 unspecified atom stereocenters. The monoisotopic (exact) mass is 382 g/mol. The van der Waals surface area contributed by atoms with Crippen molar-refractivity contribution in [2.45, 2.75) is 68.3 Å². The molecule has 0 aromatic rings. The molecule has 2 aliphatic heterocycles. The van der Waals surface area contributed by atoms with Crippen molar-refractivity contribution in [2.24, 2.45) is 5.73 Å². The van der Waals surface area contributed by atoms with Crippen LogP contribution < -0.4 is 11.1 Å². The molecule has 0 spiro atoms. The van der Waals surface area contributed by atoms with Gasteiger partial charge in [-0.05, 0) is 0 Å². The van der Waals surface area contributed by atoms with Crippen LogP contribution in [0.3, 0.4) is 0 Å². The first-order valence-electron chi connectivity index (χ1n) is 8.16. The van der Waals surface area contributed by atoms with Crippen molar-refractivity contribution < 1.29 is 49.6 Å². The predicted molar refractivity (Wildman–Crippen MR) is 82.2 cm³/mol. The Morgan fingerprint density at radius 1 is 1.04 bits per heavy atom. The summed E-state index contributed by atoms with van der Waals surface area (Å²) in [6.07, 6.45) is -13.0. The van der Waals surface area contributed by atoms with E-state index in [2.05, 4.69) is 5.32 Å². The van der Waals surface area contributed by atoms with Crippen molar-refractivity contribution in [3.05, 3.63) is 0 Å². The Morgan fingerprint density at radius 2 is 1.69 bits per heavy atom. The quantitative estimate of drug-likeness (QED) is 0.225. The molecule has 2 heterocycles. The highest BCUT2D eigenvalue weighted by molar-refractivity contribution is 5.73. The molecule has 2 aliphatic rings. The highest BCUT2D eigenvalue weighted by Gasteiger charge is 2.50. The molecular formula is C14H26N2O10. The van der Waals surface area contributed by atoms with Gasteiger partial charge in [0.1, 0.15) is 48.8 Å². The Kier molecular flexibility index (Phi) is 7.27. The third kappa shape index (κ3) is 4.31. The summed E-state index contributed by atoms with van der Waals surface area (Å²) >= 11 is 0. The zero-order valence-corrected chi connectivity index (χ0v) is 14.1. The van der Waals surface area contributed by atoms with Gasteiger partial charge in [-0.25, -0.2) is 0 Å². The maximum absolute atomic E-state index is 11.2. The lowest BCUT2D eigenvalue weighted by molar-refractivity contribution is -0.342. The van der Waals surface area contributed by atoms with Gasteiger partial charge in [-0.1, -0.05) is 0 Å². The molecule has 0 aromatic heterocycles. The van der Waals surface area contributed by atoms with E-state index >= 15 is 0 Å². The van der Waals surface area contributed by atoms with Gasteiger partial charge in [-0.15, -0.1) is 0 Å². The van der Waals surface area contributed by atoms with E-state index in [1.54, 1.807) is 0 Å². The number of amides is 1. The molecule has 0 bridgehead atoms. The topological polar surface area (TPSA) is 204 Å². The molecule has 10 atom stereocenters. The minimum atomic E-state index is -1.68. The maximum Gasteiger partial charge on any atom is 0.217 e. The molecule has 12 heteroatoms. The van der Waals surface area contributed by atoms with Crippen molar-refractivity contribution in [3.8, 4) is 0 Å². The van der Waals surface area contributed by atoms with E-state index in [0.717, 1.165) is 0 Å². The van der Waals surface area contributed by atoms with Crippen LogP contribution in [0.25, 0.3) is 0 Å². The molecule has 2 rings (SSSR count). The fraction of sp³-hybridized carbons (Fsp3) is 0.929. The molecule has 9 N–H and O–H groups in total. The van der Waals surface area contributed by atoms with Crippen LogP contribution in [0.2, 0.25) is 0 Å². The third-order valence-corrected chi connectivity index (χ3v) is 4.43. The number of nitrogens with two attached hydrogens (primary N) is 1. The first-order valence-corrected chi connectivity index (χ1v) is 8.16. The van der Waals surface area contributed by atoms with Crippen LogP contribution in [0.5, 0.6) is 0 Å². The average Bonchev–Trinajstić information content (AvgIpc) is 2.60. The normalized spacial score (nSPS) is 46.8. The zero-order chi connectivity index (χ0) is 19.6. The van der Waals surface area contributed by atoms with Gasteiger partial charge in [0, 0.05) is 13.5 Å². The van der Waals surface area contributed by atoms with E-state index in [1.165, 1.54) is 6.92 Å². The summed E-state index contributed by atoms with van der Waals surface area (Å²) in [5.41, 5.74) is 5.44. The number of rotatable bonds is 5. The van der Waals surface area contributed by atoms with Crippen molar-refractivity contribution >= 4 is 5.91 Å². The number of aliphatic hydroxyl groups is 6. The number of carbonyl (C=O) groups is 1. The Balaban J connectivity index is 2.16. The third-order valence-electron chi connectivity index (χ3n) is 4.43. The zero-order valence-electron chi connectivity index (χ0n) is 14.1. The molecule has 0 saturated carbocycles. The van der Waals surface area contributed by atoms with Gasteiger partial charge in [0.15, 0.2) is 12.6 Å². The fourth-order valence-electron chi connectivity index (χ4n) is 3.02. The van der Waals surface area contributed by atoms with E-state index in [4.69, 9.17) is 19.9 Å². The summed E-state index contributed by atoms with van der Waals surface area (Å²) in [6.45, 7) is 0.343. The molecule has 1 amide bonds. The molecule has 0 radical (unpaired) electrons. The fourth-order valence-corrected chi connectivity index (χ4v) is 3.02. The number of ether oxygens (including phenoxy) is 3. The van der Waals surface area contributed by atoms with Crippen LogP contribution in [0.4, 0.5) is 0 Å². The van der Waals surface area contributed by atoms with Crippen molar-refractivity contribution in [2.75, 3.05) is 13.2 Å². The molecule has 12 nitrogen and oxygen atoms in total. The minimum absolute atomic E-state index is 0.175. The number of carbonyl (C=O) groups excluding carboxylic acids is 1. The number of hydrogen-bond acceptors (Lipinski definition) is 11. The van der Waals surface area contributed by atoms with Gasteiger partial charge < -0.3 is 55.9 Å². The number of hydrogen-bond donors (Lipinski definition) is 8. The SMILES string of the molecule is CC(=O)NC1[C@H](O)OC(CO)[C@@H](O[C@@H]2OC(CN)[C@@H](O)[C@H](O)C2O)[C@@H]1O. The van der Waals surface area contributed by atoms with Crippen LogP contribution in [-0.2, 0) is 19.0 Å². The lowest BCUT2D eigenvalue weighted by Crippen LogP contribution is -2.67. The molecular weight excluding hydrogens is 356 g/mol. The lowest BCUT2D eigenvalue weighted by atomic mass is 9.95. The predicted octanol–water partition coefficient (Wildman–Crippen LogP) is -5.29. The first kappa shape index (κ1) is 21.4. The van der Waals surface area contributed by atoms with Gasteiger partial charge in [-0.2, -0.15) is 0 Å². The van der Waals surface area contributed by atoms with Gasteiger partial charge in [0.25, 0.3) is 0 Å². The Hall–Kier alpha value is -0.930. The second kappa shape index (κ2) is 8.84. The molecule has 0 aliphatic carbocycles. The standard InChI is InChI=1S/C14H26N2O10/c1-4(18)16-7-9(20)12(6(3-17)24-13(7)23)26-14-11(22)10(21)8(19)5(2-15)25-14/h5-14,17,19-23H,2-3,15H2,1H3,(H,16,18)/t5?,6?,7?,8-,9-,10+,11?,12-,13-,14+/m1/s1. The van der Waals surface area contributed by atoms with Crippen molar-refractivity contribution in [3.63, 3.8) is 0 Å². The van der Waals surface area contributed by atoms with E-state index in [0.29, 0.717) is 0 Å². The number of aliphatic hydroxyl groups excluding tert-OH is 6. The van der Waals surface area contributed by atoms with Gasteiger partial charge in [-0.3, -0.25) is 4.79 Å². The highest BCUT2D eigenvalue weighted by atomic mass is 16.7. The largest absolute Gasteiger partial charge is 0.394 e. The summed E-state index contributed by atoms with van der Waals surface area (Å²) in [6, 6.07) is -1.26. The van der Waals surface area contributed by atoms with Gasteiger partial charge in [0.2, 0.25) is 5.91 Å². The number of nitrogens with one attached hydrogen (secondary N) is 1. The van der Waals surface area contributed by atoms with Crippen molar-refractivity contribution in [1.29, 1.82) is 0 Å². The van der Waals surface area contributed by atoms with E-state index in [-0.39, 0.29) is 6.54 Å². The molecule has 152 valence electrons. The summed E-state index contributed by atoms with van der Waals surface area (Å²) in [7, 11) is 0.